The first-order valence-electron chi connectivity index (χ1n) is 10.7. The van der Waals surface area contributed by atoms with E-state index in [0.29, 0.717) is 22.6 Å². The Morgan fingerprint density at radius 3 is 2.85 bits per heavy atom. The Hall–Kier alpha value is -3.14. The van der Waals surface area contributed by atoms with Crippen LogP contribution in [0.2, 0.25) is 5.02 Å². The van der Waals surface area contributed by atoms with Gasteiger partial charge in [-0.2, -0.15) is 0 Å². The topological polar surface area (TPSA) is 76.0 Å². The molecule has 0 unspecified atom stereocenters. The number of morpholine rings is 1. The van der Waals surface area contributed by atoms with E-state index in [9.17, 15) is 4.39 Å². The summed E-state index contributed by atoms with van der Waals surface area (Å²) in [5.74, 6) is 0.706. The quantitative estimate of drug-likeness (QED) is 0.420. The molecule has 2 aromatic heterocycles. The molecule has 5 rings (SSSR count). The zero-order valence-electron chi connectivity index (χ0n) is 18.1. The molecule has 33 heavy (non-hydrogen) atoms. The highest BCUT2D eigenvalue weighted by Crippen LogP contribution is 2.34. The number of imidazole rings is 1. The summed E-state index contributed by atoms with van der Waals surface area (Å²) in [6, 6.07) is 8.40. The van der Waals surface area contributed by atoms with Crippen molar-refractivity contribution in [1.82, 2.24) is 19.3 Å². The van der Waals surface area contributed by atoms with Gasteiger partial charge in [0.05, 0.1) is 60.3 Å². The smallest absolute Gasteiger partial charge is 0.157 e. The molecule has 2 N–H and O–H groups in total. The number of fused-ring (bicyclic) bond motifs is 3. The number of hydrogen-bond donors (Lipinski definition) is 2. The third-order valence-electron chi connectivity index (χ3n) is 5.72. The van der Waals surface area contributed by atoms with Crippen LogP contribution in [0.5, 0.6) is 5.75 Å². The number of hydrogen-bond acceptors (Lipinski definition) is 7. The molecule has 0 atom stereocenters. The molecule has 8 nitrogen and oxygen atoms in total. The Morgan fingerprint density at radius 1 is 1.21 bits per heavy atom. The number of anilines is 3. The molecule has 1 saturated heterocycles. The summed E-state index contributed by atoms with van der Waals surface area (Å²) < 4.78 is 27.3. The first-order chi connectivity index (χ1) is 16.1. The molecule has 1 aliphatic rings. The maximum absolute atomic E-state index is 14.4. The lowest BCUT2D eigenvalue weighted by Crippen LogP contribution is -2.39. The van der Waals surface area contributed by atoms with Crippen LogP contribution in [0.25, 0.3) is 16.6 Å². The van der Waals surface area contributed by atoms with Gasteiger partial charge in [0.25, 0.3) is 0 Å². The van der Waals surface area contributed by atoms with Gasteiger partial charge in [0.1, 0.15) is 17.1 Å². The summed E-state index contributed by atoms with van der Waals surface area (Å²) in [5, 5.41) is 6.78. The Labute approximate surface area is 195 Å². The third-order valence-corrected chi connectivity index (χ3v) is 6.04. The van der Waals surface area contributed by atoms with Crippen molar-refractivity contribution in [3.05, 3.63) is 53.7 Å². The van der Waals surface area contributed by atoms with Gasteiger partial charge in [-0.25, -0.2) is 14.4 Å². The lowest BCUT2D eigenvalue weighted by molar-refractivity contribution is 0.0398. The minimum absolute atomic E-state index is 0.173. The van der Waals surface area contributed by atoms with E-state index in [-0.39, 0.29) is 10.7 Å². The normalized spacial score (nSPS) is 14.6. The molecule has 0 bridgehead atoms. The van der Waals surface area contributed by atoms with E-state index in [2.05, 4.69) is 20.5 Å². The van der Waals surface area contributed by atoms with Crippen LogP contribution < -0.4 is 15.4 Å². The minimum atomic E-state index is -0.456. The number of benzene rings is 2. The van der Waals surface area contributed by atoms with E-state index in [1.165, 1.54) is 6.07 Å². The molecule has 0 spiro atoms. The summed E-state index contributed by atoms with van der Waals surface area (Å²) in [6.45, 7) is 5.06. The summed E-state index contributed by atoms with van der Waals surface area (Å²) in [6.07, 6.45) is 3.36. The van der Waals surface area contributed by atoms with E-state index in [1.54, 1.807) is 31.8 Å². The zero-order chi connectivity index (χ0) is 22.8. The van der Waals surface area contributed by atoms with E-state index < -0.39 is 5.82 Å². The Morgan fingerprint density at radius 2 is 2.06 bits per heavy atom. The van der Waals surface area contributed by atoms with Crippen LogP contribution in [-0.4, -0.2) is 65.8 Å². The van der Waals surface area contributed by atoms with Crippen molar-refractivity contribution >= 4 is 45.3 Å². The number of rotatable bonds is 7. The molecule has 1 aliphatic heterocycles. The van der Waals surface area contributed by atoms with Crippen LogP contribution in [0.3, 0.4) is 0 Å². The second-order valence-corrected chi connectivity index (χ2v) is 8.16. The molecule has 0 saturated carbocycles. The van der Waals surface area contributed by atoms with E-state index in [0.717, 1.165) is 50.6 Å². The van der Waals surface area contributed by atoms with Crippen LogP contribution in [0.1, 0.15) is 0 Å². The van der Waals surface area contributed by atoms with Crippen LogP contribution in [-0.2, 0) is 4.74 Å². The summed E-state index contributed by atoms with van der Waals surface area (Å²) >= 11 is 6.22. The summed E-state index contributed by atoms with van der Waals surface area (Å²) in [7, 11) is 1.64. The van der Waals surface area contributed by atoms with Gasteiger partial charge in [-0.15, -0.1) is 0 Å². The molecule has 0 radical (unpaired) electrons. The molecule has 172 valence electrons. The van der Waals surface area contributed by atoms with Crippen LogP contribution >= 0.6 is 11.6 Å². The fraction of sp³-hybridized carbons (Fsp3) is 0.304. The van der Waals surface area contributed by atoms with Gasteiger partial charge in [-0.3, -0.25) is 9.30 Å². The van der Waals surface area contributed by atoms with Gasteiger partial charge in [-0.1, -0.05) is 17.7 Å². The van der Waals surface area contributed by atoms with Gasteiger partial charge in [0.15, 0.2) is 5.82 Å². The van der Waals surface area contributed by atoms with Crippen LogP contribution in [0.4, 0.5) is 21.6 Å². The van der Waals surface area contributed by atoms with E-state index in [4.69, 9.17) is 26.1 Å². The van der Waals surface area contributed by atoms with Gasteiger partial charge >= 0.3 is 0 Å². The number of para-hydroxylation sites is 1. The lowest BCUT2D eigenvalue weighted by Gasteiger charge is -2.26. The molecule has 10 heteroatoms. The van der Waals surface area contributed by atoms with Crippen molar-refractivity contribution < 1.29 is 13.9 Å². The Balaban J connectivity index is 1.49. The number of nitrogens with one attached hydrogen (secondary N) is 2. The monoisotopic (exact) mass is 470 g/mol. The molecular weight excluding hydrogens is 447 g/mol. The van der Waals surface area contributed by atoms with Crippen molar-refractivity contribution in [3.8, 4) is 5.75 Å². The summed E-state index contributed by atoms with van der Waals surface area (Å²) in [5.41, 5.74) is 3.22. The lowest BCUT2D eigenvalue weighted by atomic mass is 10.2. The Bertz CT molecular complexity index is 1270. The van der Waals surface area contributed by atoms with Gasteiger partial charge < -0.3 is 20.1 Å². The van der Waals surface area contributed by atoms with E-state index in [1.807, 2.05) is 16.5 Å². The third kappa shape index (κ3) is 4.39. The number of aromatic nitrogens is 3. The van der Waals surface area contributed by atoms with E-state index >= 15 is 0 Å². The zero-order valence-corrected chi connectivity index (χ0v) is 18.9. The summed E-state index contributed by atoms with van der Waals surface area (Å²) in [4.78, 5) is 11.4. The first kappa shape index (κ1) is 21.7. The van der Waals surface area contributed by atoms with Crippen molar-refractivity contribution in [3.63, 3.8) is 0 Å². The molecular formula is C23H24ClFN6O2. The second kappa shape index (κ2) is 9.38. The molecule has 0 amide bonds. The van der Waals surface area contributed by atoms with Gasteiger partial charge in [0, 0.05) is 32.2 Å². The van der Waals surface area contributed by atoms with Crippen molar-refractivity contribution in [2.24, 2.45) is 0 Å². The fourth-order valence-corrected chi connectivity index (χ4v) is 4.20. The molecule has 3 heterocycles. The van der Waals surface area contributed by atoms with Crippen molar-refractivity contribution in [1.29, 1.82) is 0 Å². The molecule has 0 aliphatic carbocycles. The van der Waals surface area contributed by atoms with Gasteiger partial charge in [-0.05, 0) is 18.2 Å². The number of nitrogens with zero attached hydrogens (tertiary/aromatic N) is 4. The molecule has 1 fully saturated rings. The number of ether oxygens (including phenoxy) is 2. The molecule has 4 aromatic rings. The second-order valence-electron chi connectivity index (χ2n) is 7.75. The fourth-order valence-electron chi connectivity index (χ4n) is 3.99. The predicted molar refractivity (Wildman–Crippen MR) is 127 cm³/mol. The SMILES string of the molecule is COc1cc2c(cc1NCCN1CCOCC1)nc(Nc1c(F)cccc1Cl)c1cncn12. The first-order valence-corrected chi connectivity index (χ1v) is 11.1. The standard InChI is InChI=1S/C23H24ClFN6O2/c1-32-21-12-19-17(11-18(21)27-5-6-30-7-9-33-10-8-30)28-23(20-13-26-14-31(19)20)29-22-15(24)3-2-4-16(22)25/h2-4,11-14,27H,5-10H2,1H3,(H,28,29). The van der Waals surface area contributed by atoms with Crippen LogP contribution in [0.15, 0.2) is 42.9 Å². The largest absolute Gasteiger partial charge is 0.495 e. The average Bonchev–Trinajstić information content (AvgIpc) is 3.32. The predicted octanol–water partition coefficient (Wildman–Crippen LogP) is 4.17. The van der Waals surface area contributed by atoms with Crippen molar-refractivity contribution in [2.45, 2.75) is 0 Å². The minimum Gasteiger partial charge on any atom is -0.495 e. The number of methoxy groups -OCH3 is 1. The highest BCUT2D eigenvalue weighted by atomic mass is 35.5. The molecule has 2 aromatic carbocycles. The highest BCUT2D eigenvalue weighted by molar-refractivity contribution is 6.33. The van der Waals surface area contributed by atoms with Crippen LogP contribution in [0, 0.1) is 5.82 Å². The van der Waals surface area contributed by atoms with Crippen molar-refractivity contribution in [2.75, 3.05) is 57.1 Å². The average molecular weight is 471 g/mol. The maximum Gasteiger partial charge on any atom is 0.157 e. The number of halogens is 2. The maximum atomic E-state index is 14.4. The highest BCUT2D eigenvalue weighted by Gasteiger charge is 2.16. The Kier molecular flexibility index (Phi) is 6.17. The van der Waals surface area contributed by atoms with Gasteiger partial charge in [0.2, 0.25) is 0 Å².